The Morgan fingerprint density at radius 1 is 0.755 bits per heavy atom. The van der Waals surface area contributed by atoms with E-state index in [-0.39, 0.29) is 5.91 Å². The van der Waals surface area contributed by atoms with Gasteiger partial charge in [-0.2, -0.15) is 0 Å². The number of piperazine rings is 1. The highest BCUT2D eigenvalue weighted by Crippen LogP contribution is 2.32. The maximum absolute atomic E-state index is 13.2. The Morgan fingerprint density at radius 2 is 1.43 bits per heavy atom. The van der Waals surface area contributed by atoms with E-state index in [1.807, 2.05) is 28.4 Å². The number of allylic oxidation sites excluding steroid dienone is 12. The van der Waals surface area contributed by atoms with E-state index in [4.69, 9.17) is 4.74 Å². The maximum Gasteiger partial charge on any atom is 0.227 e. The van der Waals surface area contributed by atoms with Crippen LogP contribution < -0.4 is 14.5 Å². The lowest BCUT2D eigenvalue weighted by Crippen LogP contribution is -2.46. The fourth-order valence-electron chi connectivity index (χ4n) is 6.68. The highest BCUT2D eigenvalue weighted by Gasteiger charge is 2.21. The quantitative estimate of drug-likeness (QED) is 0.0808. The molecule has 5 rings (SSSR count). The van der Waals surface area contributed by atoms with Crippen molar-refractivity contribution in [2.75, 3.05) is 55.7 Å². The Kier molecular flexibility index (Phi) is 17.5. The number of amides is 1. The Labute approximate surface area is 323 Å². The van der Waals surface area contributed by atoms with Crippen molar-refractivity contribution in [3.63, 3.8) is 0 Å². The molecule has 0 atom stereocenters. The van der Waals surface area contributed by atoms with Crippen molar-refractivity contribution < 1.29 is 9.53 Å². The molecule has 3 heterocycles. The summed E-state index contributed by atoms with van der Waals surface area (Å²) in [5.41, 5.74) is 3.40. The van der Waals surface area contributed by atoms with Gasteiger partial charge in [0.25, 0.3) is 0 Å². The van der Waals surface area contributed by atoms with Gasteiger partial charge in [0, 0.05) is 61.0 Å². The maximum atomic E-state index is 13.2. The van der Waals surface area contributed by atoms with Crippen LogP contribution >= 0.6 is 11.3 Å². The molecule has 0 unspecified atom stereocenters. The number of rotatable bonds is 21. The molecule has 0 bridgehead atoms. The Bertz CT molecular complexity index is 1750. The summed E-state index contributed by atoms with van der Waals surface area (Å²) >= 11 is 1.82. The number of unbranched alkanes of at least 4 members (excludes halogenated alkanes) is 1. The van der Waals surface area contributed by atoms with Crippen LogP contribution in [0.2, 0.25) is 0 Å². The number of carbonyl (C=O) groups excluding carboxylic acids is 1. The van der Waals surface area contributed by atoms with Crippen molar-refractivity contribution in [2.24, 2.45) is 0 Å². The first-order chi connectivity index (χ1) is 26.2. The molecule has 2 aromatic carbocycles. The van der Waals surface area contributed by atoms with Crippen LogP contribution in [-0.4, -0.2) is 56.7 Å². The first-order valence-corrected chi connectivity index (χ1v) is 20.7. The molecule has 1 fully saturated rings. The largest absolute Gasteiger partial charge is 0.494 e. The molecule has 2 aliphatic heterocycles. The predicted octanol–water partition coefficient (Wildman–Crippen LogP) is 11.7. The van der Waals surface area contributed by atoms with Crippen LogP contribution in [0.15, 0.2) is 127 Å². The van der Waals surface area contributed by atoms with Gasteiger partial charge >= 0.3 is 0 Å². The van der Waals surface area contributed by atoms with Gasteiger partial charge in [-0.15, -0.1) is 11.3 Å². The molecule has 3 aromatic rings. The van der Waals surface area contributed by atoms with E-state index in [0.717, 1.165) is 108 Å². The average molecular weight is 730 g/mol. The zero-order valence-electron chi connectivity index (χ0n) is 31.8. The van der Waals surface area contributed by atoms with Gasteiger partial charge in [0.2, 0.25) is 5.91 Å². The molecule has 280 valence electrons. The van der Waals surface area contributed by atoms with Crippen LogP contribution in [0.1, 0.15) is 76.7 Å². The number of benzene rings is 2. The highest BCUT2D eigenvalue weighted by atomic mass is 32.1. The number of anilines is 2. The Balaban J connectivity index is 0.926. The molecule has 0 radical (unpaired) electrons. The number of ether oxygens (including phenoxy) is 1. The summed E-state index contributed by atoms with van der Waals surface area (Å²) in [6.07, 6.45) is 39.9. The third kappa shape index (κ3) is 13.5. The third-order valence-electron chi connectivity index (χ3n) is 9.62. The second-order valence-corrected chi connectivity index (χ2v) is 14.5. The first kappa shape index (κ1) is 39.8. The van der Waals surface area contributed by atoms with E-state index in [1.54, 1.807) is 0 Å². The highest BCUT2D eigenvalue weighted by molar-refractivity contribution is 7.17. The number of nitrogens with zero attached hydrogens (tertiary/aromatic N) is 3. The van der Waals surface area contributed by atoms with Gasteiger partial charge in [0.05, 0.1) is 12.3 Å². The lowest BCUT2D eigenvalue weighted by Gasteiger charge is -2.36. The minimum Gasteiger partial charge on any atom is -0.494 e. The van der Waals surface area contributed by atoms with Gasteiger partial charge in [-0.1, -0.05) is 98.1 Å². The average Bonchev–Trinajstić information content (AvgIpc) is 3.68. The van der Waals surface area contributed by atoms with Gasteiger partial charge in [0.1, 0.15) is 5.75 Å². The summed E-state index contributed by atoms with van der Waals surface area (Å²) in [6, 6.07) is 15.1. The van der Waals surface area contributed by atoms with Crippen molar-refractivity contribution in [1.82, 2.24) is 4.90 Å². The number of carbonyl (C=O) groups is 1. The van der Waals surface area contributed by atoms with E-state index >= 15 is 0 Å². The fourth-order valence-corrected chi connectivity index (χ4v) is 7.49. The summed E-state index contributed by atoms with van der Waals surface area (Å²) in [5.74, 6) is 0.990. The molecular formula is C47H59N3O2S. The molecule has 0 saturated carbocycles. The van der Waals surface area contributed by atoms with Crippen LogP contribution in [0.25, 0.3) is 16.2 Å². The second kappa shape index (κ2) is 23.3. The standard InChI is InChI=1S/C47H59N3O2S/c1-2-3-4-5-6-7-8-9-10-11-12-13-14-15-16-17-18-19-20-28-47(51)50-33-24-25-41-29-30-42(40-45(41)50)52-38-22-21-32-48-34-36-49(37-35-48)44-26-23-27-46-43(44)31-39-53-46/h3-4,6-7,9-10,12-13,15-16,18-19,23-27,29-31,39-40H,2,5,8,11,14,17,20-22,28,32-38H2,1H3/b4-3-,7-6-,10-9-,13-12-,16-15-,19-18-. The fraction of sp³-hybridized carbons (Fsp3) is 0.383. The molecule has 53 heavy (non-hydrogen) atoms. The van der Waals surface area contributed by atoms with Gasteiger partial charge in [-0.05, 0) is 106 Å². The molecule has 1 aromatic heterocycles. The van der Waals surface area contributed by atoms with Crippen LogP contribution in [0.3, 0.4) is 0 Å². The number of hydrogen-bond acceptors (Lipinski definition) is 5. The minimum absolute atomic E-state index is 0.152. The van der Waals surface area contributed by atoms with Crippen molar-refractivity contribution in [3.05, 3.63) is 132 Å². The van der Waals surface area contributed by atoms with E-state index in [1.165, 1.54) is 15.8 Å². The Morgan fingerprint density at radius 3 is 2.13 bits per heavy atom. The van der Waals surface area contributed by atoms with Crippen molar-refractivity contribution in [3.8, 4) is 5.75 Å². The summed E-state index contributed by atoms with van der Waals surface area (Å²) in [7, 11) is 0. The molecule has 1 saturated heterocycles. The number of fused-ring (bicyclic) bond motifs is 2. The van der Waals surface area contributed by atoms with E-state index in [2.05, 4.69) is 137 Å². The molecule has 0 N–H and O–H groups in total. The van der Waals surface area contributed by atoms with Crippen LogP contribution in [0.5, 0.6) is 5.75 Å². The zero-order chi connectivity index (χ0) is 36.8. The molecule has 2 aliphatic rings. The summed E-state index contributed by atoms with van der Waals surface area (Å²) < 4.78 is 7.56. The van der Waals surface area contributed by atoms with E-state index in [9.17, 15) is 4.79 Å². The molecule has 0 spiro atoms. The van der Waals surface area contributed by atoms with Crippen LogP contribution in [-0.2, 0) is 4.79 Å². The normalized spacial score (nSPS) is 15.6. The Hall–Kier alpha value is -4.39. The molecule has 5 nitrogen and oxygen atoms in total. The number of hydrogen-bond donors (Lipinski definition) is 0. The minimum atomic E-state index is 0.152. The second-order valence-electron chi connectivity index (χ2n) is 13.6. The first-order valence-electron chi connectivity index (χ1n) is 19.8. The van der Waals surface area contributed by atoms with Gasteiger partial charge in [-0.3, -0.25) is 9.69 Å². The lowest BCUT2D eigenvalue weighted by molar-refractivity contribution is -0.118. The summed E-state index contributed by atoms with van der Waals surface area (Å²) in [4.78, 5) is 20.3. The van der Waals surface area contributed by atoms with Crippen molar-refractivity contribution >= 4 is 44.8 Å². The number of thiophene rings is 1. The van der Waals surface area contributed by atoms with Gasteiger partial charge in [0.15, 0.2) is 0 Å². The monoisotopic (exact) mass is 729 g/mol. The van der Waals surface area contributed by atoms with Crippen LogP contribution in [0, 0.1) is 0 Å². The SMILES string of the molecule is CC/C=C\C/C=C\C/C=C\C/C=C\C/C=C\C/C=C\CCC(=O)N1CC=Cc2ccc(OCCCCN3CCN(c4cccc5sccc45)CC3)cc21. The van der Waals surface area contributed by atoms with E-state index < -0.39 is 0 Å². The molecule has 0 aliphatic carbocycles. The molecule has 1 amide bonds. The van der Waals surface area contributed by atoms with Crippen LogP contribution in [0.4, 0.5) is 11.4 Å². The molecular weight excluding hydrogens is 671 g/mol. The molecule has 6 heteroatoms. The van der Waals surface area contributed by atoms with Crippen molar-refractivity contribution in [1.29, 1.82) is 0 Å². The lowest BCUT2D eigenvalue weighted by atomic mass is 10.1. The van der Waals surface area contributed by atoms with Gasteiger partial charge in [-0.25, -0.2) is 0 Å². The smallest absolute Gasteiger partial charge is 0.227 e. The zero-order valence-corrected chi connectivity index (χ0v) is 32.6. The predicted molar refractivity (Wildman–Crippen MR) is 230 cm³/mol. The van der Waals surface area contributed by atoms with Gasteiger partial charge < -0.3 is 14.5 Å². The summed E-state index contributed by atoms with van der Waals surface area (Å²) in [5, 5.41) is 3.58. The van der Waals surface area contributed by atoms with E-state index in [0.29, 0.717) is 19.6 Å². The summed E-state index contributed by atoms with van der Waals surface area (Å²) in [6.45, 7) is 8.91. The topological polar surface area (TPSA) is 36.0 Å². The third-order valence-corrected chi connectivity index (χ3v) is 10.5. The van der Waals surface area contributed by atoms with Crippen molar-refractivity contribution in [2.45, 2.75) is 71.1 Å².